The SMILES string of the molecule is C=C(COc1ccc2cccnc2c1)C(=O)OCC. The molecule has 1 aromatic carbocycles. The molecule has 1 aromatic heterocycles. The van der Waals surface area contributed by atoms with Crippen molar-refractivity contribution in [2.75, 3.05) is 13.2 Å². The summed E-state index contributed by atoms with van der Waals surface area (Å²) in [5.74, 6) is 0.220. The highest BCUT2D eigenvalue weighted by molar-refractivity contribution is 5.88. The number of carbonyl (C=O) groups is 1. The molecular weight excluding hydrogens is 242 g/mol. The number of nitrogens with zero attached hydrogens (tertiary/aromatic N) is 1. The van der Waals surface area contributed by atoms with Gasteiger partial charge >= 0.3 is 5.97 Å². The van der Waals surface area contributed by atoms with Crippen LogP contribution in [0, 0.1) is 0 Å². The fourth-order valence-corrected chi connectivity index (χ4v) is 1.60. The van der Waals surface area contributed by atoms with Gasteiger partial charge in [0.1, 0.15) is 12.4 Å². The second kappa shape index (κ2) is 6.00. The van der Waals surface area contributed by atoms with Gasteiger partial charge in [0.25, 0.3) is 0 Å². The summed E-state index contributed by atoms with van der Waals surface area (Å²) in [6.45, 7) is 5.83. The normalized spacial score (nSPS) is 10.2. The Labute approximate surface area is 111 Å². The molecule has 2 aromatic rings. The first kappa shape index (κ1) is 13.1. The molecule has 4 nitrogen and oxygen atoms in total. The molecule has 0 fully saturated rings. The number of rotatable bonds is 5. The van der Waals surface area contributed by atoms with E-state index in [1.54, 1.807) is 13.1 Å². The summed E-state index contributed by atoms with van der Waals surface area (Å²) >= 11 is 0. The van der Waals surface area contributed by atoms with E-state index in [-0.39, 0.29) is 6.61 Å². The van der Waals surface area contributed by atoms with Gasteiger partial charge in [-0.2, -0.15) is 0 Å². The predicted molar refractivity (Wildman–Crippen MR) is 73.0 cm³/mol. The Morgan fingerprint density at radius 2 is 2.21 bits per heavy atom. The van der Waals surface area contributed by atoms with Gasteiger partial charge in [0.2, 0.25) is 0 Å². The van der Waals surface area contributed by atoms with Crippen LogP contribution in [0.4, 0.5) is 0 Å². The summed E-state index contributed by atoms with van der Waals surface area (Å²) in [5, 5.41) is 1.04. The maximum Gasteiger partial charge on any atom is 0.336 e. The van der Waals surface area contributed by atoms with Crippen molar-refractivity contribution in [1.82, 2.24) is 4.98 Å². The minimum atomic E-state index is -0.429. The van der Waals surface area contributed by atoms with Crippen LogP contribution in [0.15, 0.2) is 48.7 Å². The van der Waals surface area contributed by atoms with E-state index in [0.717, 1.165) is 10.9 Å². The van der Waals surface area contributed by atoms with E-state index in [4.69, 9.17) is 9.47 Å². The maximum absolute atomic E-state index is 11.4. The summed E-state index contributed by atoms with van der Waals surface area (Å²) in [4.78, 5) is 15.6. The summed E-state index contributed by atoms with van der Waals surface area (Å²) in [6, 6.07) is 9.44. The van der Waals surface area contributed by atoms with E-state index in [1.165, 1.54) is 0 Å². The summed E-state index contributed by atoms with van der Waals surface area (Å²) in [5.41, 5.74) is 1.14. The fraction of sp³-hybridized carbons (Fsp3) is 0.200. The van der Waals surface area contributed by atoms with Crippen molar-refractivity contribution in [2.45, 2.75) is 6.92 Å². The Bertz CT molecular complexity index is 607. The average molecular weight is 257 g/mol. The molecule has 0 N–H and O–H groups in total. The first-order valence-electron chi connectivity index (χ1n) is 6.03. The van der Waals surface area contributed by atoms with Gasteiger partial charge in [0.15, 0.2) is 0 Å². The van der Waals surface area contributed by atoms with Gasteiger partial charge in [0.05, 0.1) is 17.7 Å². The third-order valence-corrected chi connectivity index (χ3v) is 2.55. The van der Waals surface area contributed by atoms with Crippen LogP contribution < -0.4 is 4.74 Å². The van der Waals surface area contributed by atoms with Crippen LogP contribution in [0.5, 0.6) is 5.75 Å². The van der Waals surface area contributed by atoms with E-state index in [0.29, 0.717) is 17.9 Å². The van der Waals surface area contributed by atoms with Gasteiger partial charge in [-0.25, -0.2) is 4.79 Å². The molecule has 0 saturated carbocycles. The quantitative estimate of drug-likeness (QED) is 0.610. The minimum absolute atomic E-state index is 0.108. The first-order valence-corrected chi connectivity index (χ1v) is 6.03. The molecule has 2 rings (SSSR count). The van der Waals surface area contributed by atoms with Gasteiger partial charge in [-0.05, 0) is 25.1 Å². The van der Waals surface area contributed by atoms with E-state index < -0.39 is 5.97 Å². The van der Waals surface area contributed by atoms with Crippen molar-refractivity contribution in [3.8, 4) is 5.75 Å². The van der Waals surface area contributed by atoms with Crippen LogP contribution in [0.1, 0.15) is 6.92 Å². The first-order chi connectivity index (χ1) is 9.20. The Hall–Kier alpha value is -2.36. The topological polar surface area (TPSA) is 48.4 Å². The molecular formula is C15H15NO3. The van der Waals surface area contributed by atoms with E-state index in [9.17, 15) is 4.79 Å². The minimum Gasteiger partial charge on any atom is -0.489 e. The molecule has 98 valence electrons. The Balaban J connectivity index is 2.02. The molecule has 0 spiro atoms. The van der Waals surface area contributed by atoms with Crippen LogP contribution in [0.2, 0.25) is 0 Å². The number of aromatic nitrogens is 1. The number of ether oxygens (including phenoxy) is 2. The Morgan fingerprint density at radius 3 is 3.00 bits per heavy atom. The summed E-state index contributed by atoms with van der Waals surface area (Å²) in [7, 11) is 0. The molecule has 0 amide bonds. The van der Waals surface area contributed by atoms with Gasteiger partial charge in [-0.1, -0.05) is 12.6 Å². The van der Waals surface area contributed by atoms with Gasteiger partial charge < -0.3 is 9.47 Å². The number of hydrogen-bond donors (Lipinski definition) is 0. The molecule has 0 saturated heterocycles. The van der Waals surface area contributed by atoms with Gasteiger partial charge in [-0.3, -0.25) is 4.98 Å². The van der Waals surface area contributed by atoms with Crippen LogP contribution in [0.25, 0.3) is 10.9 Å². The lowest BCUT2D eigenvalue weighted by Crippen LogP contribution is -2.13. The lowest BCUT2D eigenvalue weighted by Gasteiger charge is -2.08. The Kier molecular flexibility index (Phi) is 4.13. The van der Waals surface area contributed by atoms with Crippen molar-refractivity contribution in [2.24, 2.45) is 0 Å². The monoisotopic (exact) mass is 257 g/mol. The molecule has 0 unspecified atom stereocenters. The highest BCUT2D eigenvalue weighted by atomic mass is 16.5. The average Bonchev–Trinajstić information content (AvgIpc) is 2.44. The zero-order chi connectivity index (χ0) is 13.7. The van der Waals surface area contributed by atoms with Crippen molar-refractivity contribution in [1.29, 1.82) is 0 Å². The van der Waals surface area contributed by atoms with Crippen LogP contribution in [-0.2, 0) is 9.53 Å². The second-order valence-electron chi connectivity index (χ2n) is 3.97. The number of hydrogen-bond acceptors (Lipinski definition) is 4. The zero-order valence-corrected chi connectivity index (χ0v) is 10.8. The number of carbonyl (C=O) groups excluding carboxylic acids is 1. The molecule has 0 bridgehead atoms. The molecule has 0 radical (unpaired) electrons. The summed E-state index contributed by atoms with van der Waals surface area (Å²) in [6.07, 6.45) is 1.73. The Morgan fingerprint density at radius 1 is 1.37 bits per heavy atom. The molecule has 0 atom stereocenters. The molecule has 0 aliphatic heterocycles. The van der Waals surface area contributed by atoms with E-state index in [2.05, 4.69) is 11.6 Å². The zero-order valence-electron chi connectivity index (χ0n) is 10.8. The molecule has 4 heteroatoms. The lowest BCUT2D eigenvalue weighted by molar-refractivity contribution is -0.138. The largest absolute Gasteiger partial charge is 0.489 e. The van der Waals surface area contributed by atoms with E-state index in [1.807, 2.05) is 30.3 Å². The second-order valence-corrected chi connectivity index (χ2v) is 3.97. The van der Waals surface area contributed by atoms with Crippen LogP contribution in [0.3, 0.4) is 0 Å². The third kappa shape index (κ3) is 3.31. The number of benzene rings is 1. The highest BCUT2D eigenvalue weighted by Crippen LogP contribution is 2.19. The molecule has 19 heavy (non-hydrogen) atoms. The fourth-order valence-electron chi connectivity index (χ4n) is 1.60. The summed E-state index contributed by atoms with van der Waals surface area (Å²) < 4.78 is 10.3. The van der Waals surface area contributed by atoms with Crippen LogP contribution >= 0.6 is 0 Å². The van der Waals surface area contributed by atoms with Crippen molar-refractivity contribution in [3.05, 3.63) is 48.7 Å². The van der Waals surface area contributed by atoms with Gasteiger partial charge in [-0.15, -0.1) is 0 Å². The van der Waals surface area contributed by atoms with Gasteiger partial charge in [0, 0.05) is 17.6 Å². The predicted octanol–water partition coefficient (Wildman–Crippen LogP) is 2.73. The third-order valence-electron chi connectivity index (χ3n) is 2.55. The number of fused-ring (bicyclic) bond motifs is 1. The van der Waals surface area contributed by atoms with Crippen molar-refractivity contribution < 1.29 is 14.3 Å². The highest BCUT2D eigenvalue weighted by Gasteiger charge is 2.08. The smallest absolute Gasteiger partial charge is 0.336 e. The standard InChI is InChI=1S/C15H15NO3/c1-3-18-15(17)11(2)10-19-13-7-6-12-5-4-8-16-14(12)9-13/h4-9H,2-3,10H2,1H3. The molecule has 0 aliphatic rings. The number of pyridine rings is 1. The van der Waals surface area contributed by atoms with Crippen molar-refractivity contribution in [3.63, 3.8) is 0 Å². The van der Waals surface area contributed by atoms with Crippen LogP contribution in [-0.4, -0.2) is 24.2 Å². The maximum atomic E-state index is 11.4. The van der Waals surface area contributed by atoms with Crippen molar-refractivity contribution >= 4 is 16.9 Å². The molecule has 0 aliphatic carbocycles. The lowest BCUT2D eigenvalue weighted by atomic mass is 10.2. The van der Waals surface area contributed by atoms with E-state index >= 15 is 0 Å². The number of esters is 1. The molecule has 1 heterocycles.